The minimum absolute atomic E-state index is 0.231. The smallest absolute Gasteiger partial charge is 0.255 e. The lowest BCUT2D eigenvalue weighted by Gasteiger charge is -2.06. The Labute approximate surface area is 92.6 Å². The van der Waals surface area contributed by atoms with Crippen LogP contribution < -0.4 is 5.32 Å². The fourth-order valence-electron chi connectivity index (χ4n) is 0.973. The highest BCUT2D eigenvalue weighted by Gasteiger charge is 2.16. The van der Waals surface area contributed by atoms with Crippen LogP contribution >= 0.6 is 15.9 Å². The van der Waals surface area contributed by atoms with E-state index >= 15 is 0 Å². The van der Waals surface area contributed by atoms with Crippen molar-refractivity contribution in [1.29, 1.82) is 0 Å². The highest BCUT2D eigenvalue weighted by Crippen LogP contribution is 2.19. The van der Waals surface area contributed by atoms with Gasteiger partial charge < -0.3 is 5.32 Å². The van der Waals surface area contributed by atoms with E-state index in [0.717, 1.165) is 6.07 Å². The van der Waals surface area contributed by atoms with Gasteiger partial charge in [-0.05, 0) is 28.1 Å². The van der Waals surface area contributed by atoms with Crippen LogP contribution in [0.3, 0.4) is 0 Å². The van der Waals surface area contributed by atoms with Crippen molar-refractivity contribution in [3.8, 4) is 0 Å². The Morgan fingerprint density at radius 1 is 1.47 bits per heavy atom. The van der Waals surface area contributed by atoms with Crippen LogP contribution in [0.2, 0.25) is 0 Å². The topological polar surface area (TPSA) is 29.1 Å². The molecule has 0 fully saturated rings. The SMILES string of the molecule is O=C(NCC(F)F)c1c(F)cccc1Br. The van der Waals surface area contributed by atoms with Crippen LogP contribution in [0.5, 0.6) is 0 Å². The molecule has 0 unspecified atom stereocenters. The summed E-state index contributed by atoms with van der Waals surface area (Å²) in [5.41, 5.74) is -0.266. The molecule has 1 aromatic carbocycles. The Bertz CT molecular complexity index is 350. The quantitative estimate of drug-likeness (QED) is 0.907. The van der Waals surface area contributed by atoms with Gasteiger partial charge in [0.2, 0.25) is 0 Å². The number of halogens is 4. The van der Waals surface area contributed by atoms with Gasteiger partial charge in [-0.15, -0.1) is 0 Å². The van der Waals surface area contributed by atoms with Gasteiger partial charge in [0.05, 0.1) is 12.1 Å². The fourth-order valence-corrected chi connectivity index (χ4v) is 1.50. The summed E-state index contributed by atoms with van der Waals surface area (Å²) in [4.78, 5) is 11.3. The molecule has 1 N–H and O–H groups in total. The highest BCUT2D eigenvalue weighted by atomic mass is 79.9. The molecule has 2 nitrogen and oxygen atoms in total. The Balaban J connectivity index is 2.82. The van der Waals surface area contributed by atoms with E-state index in [1.807, 2.05) is 5.32 Å². The lowest BCUT2D eigenvalue weighted by atomic mass is 10.2. The molecular formula is C9H7BrF3NO. The Morgan fingerprint density at radius 3 is 2.67 bits per heavy atom. The molecule has 0 aliphatic heterocycles. The first-order chi connectivity index (χ1) is 7.02. The van der Waals surface area contributed by atoms with Crippen LogP contribution in [0.15, 0.2) is 22.7 Å². The summed E-state index contributed by atoms with van der Waals surface area (Å²) < 4.78 is 37.0. The van der Waals surface area contributed by atoms with Crippen LogP contribution in [0.25, 0.3) is 0 Å². The number of alkyl halides is 2. The van der Waals surface area contributed by atoms with Gasteiger partial charge in [-0.25, -0.2) is 13.2 Å². The first-order valence-electron chi connectivity index (χ1n) is 4.02. The van der Waals surface area contributed by atoms with E-state index in [1.54, 1.807) is 0 Å². The summed E-state index contributed by atoms with van der Waals surface area (Å²) in [5, 5.41) is 1.92. The van der Waals surface area contributed by atoms with Gasteiger partial charge in [0.15, 0.2) is 0 Å². The lowest BCUT2D eigenvalue weighted by Crippen LogP contribution is -2.29. The van der Waals surface area contributed by atoms with E-state index in [0.29, 0.717) is 0 Å². The average Bonchev–Trinajstić information content (AvgIpc) is 2.14. The molecule has 0 spiro atoms. The minimum atomic E-state index is -2.65. The zero-order chi connectivity index (χ0) is 11.4. The zero-order valence-corrected chi connectivity index (χ0v) is 9.02. The van der Waals surface area contributed by atoms with Crippen LogP contribution in [0.4, 0.5) is 13.2 Å². The molecule has 1 aromatic rings. The molecule has 0 atom stereocenters. The number of carbonyl (C=O) groups is 1. The van der Waals surface area contributed by atoms with Crippen molar-refractivity contribution in [2.75, 3.05) is 6.54 Å². The van der Waals surface area contributed by atoms with Gasteiger partial charge in [0.25, 0.3) is 12.3 Å². The number of rotatable bonds is 3. The third-order valence-electron chi connectivity index (χ3n) is 1.61. The maximum atomic E-state index is 13.1. The minimum Gasteiger partial charge on any atom is -0.346 e. The number of hydrogen-bond acceptors (Lipinski definition) is 1. The predicted molar refractivity (Wildman–Crippen MR) is 52.4 cm³/mol. The molecule has 0 heterocycles. The number of hydrogen-bond donors (Lipinski definition) is 1. The maximum absolute atomic E-state index is 13.1. The fraction of sp³-hybridized carbons (Fsp3) is 0.222. The second kappa shape index (κ2) is 5.16. The molecule has 0 saturated carbocycles. The van der Waals surface area contributed by atoms with Crippen LogP contribution in [-0.2, 0) is 0 Å². The predicted octanol–water partition coefficient (Wildman–Crippen LogP) is 2.58. The summed E-state index contributed by atoms with van der Waals surface area (Å²) in [6.45, 7) is -0.792. The van der Waals surface area contributed by atoms with Gasteiger partial charge >= 0.3 is 0 Å². The molecule has 0 aliphatic carbocycles. The summed E-state index contributed by atoms with van der Waals surface area (Å²) in [6, 6.07) is 3.95. The monoisotopic (exact) mass is 281 g/mol. The van der Waals surface area contributed by atoms with Crippen molar-refractivity contribution in [2.45, 2.75) is 6.43 Å². The Hall–Kier alpha value is -1.04. The number of carbonyl (C=O) groups excluding carboxylic acids is 1. The average molecular weight is 282 g/mol. The van der Waals surface area contributed by atoms with Crippen LogP contribution in [-0.4, -0.2) is 18.9 Å². The molecule has 0 saturated heterocycles. The second-order valence-corrected chi connectivity index (χ2v) is 3.55. The van der Waals surface area contributed by atoms with Crippen molar-refractivity contribution in [3.05, 3.63) is 34.1 Å². The van der Waals surface area contributed by atoms with Crippen molar-refractivity contribution in [2.24, 2.45) is 0 Å². The summed E-state index contributed by atoms with van der Waals surface area (Å²) in [5.74, 6) is -1.61. The third-order valence-corrected chi connectivity index (χ3v) is 2.27. The van der Waals surface area contributed by atoms with E-state index in [1.165, 1.54) is 12.1 Å². The van der Waals surface area contributed by atoms with Crippen molar-refractivity contribution in [1.82, 2.24) is 5.32 Å². The number of nitrogens with one attached hydrogen (secondary N) is 1. The first kappa shape index (κ1) is 12.0. The van der Waals surface area contributed by atoms with Gasteiger partial charge in [0, 0.05) is 4.47 Å². The number of amides is 1. The molecular weight excluding hydrogens is 275 g/mol. The molecule has 0 aliphatic rings. The molecule has 1 rings (SSSR count). The van der Waals surface area contributed by atoms with E-state index in [-0.39, 0.29) is 10.0 Å². The van der Waals surface area contributed by atoms with Gasteiger partial charge in [-0.1, -0.05) is 6.07 Å². The van der Waals surface area contributed by atoms with E-state index in [9.17, 15) is 18.0 Å². The number of benzene rings is 1. The summed E-state index contributed by atoms with van der Waals surface area (Å²) >= 11 is 2.97. The summed E-state index contributed by atoms with van der Waals surface area (Å²) in [6.07, 6.45) is -2.65. The molecule has 82 valence electrons. The van der Waals surface area contributed by atoms with Crippen molar-refractivity contribution < 1.29 is 18.0 Å². The van der Waals surface area contributed by atoms with Crippen molar-refractivity contribution in [3.63, 3.8) is 0 Å². The van der Waals surface area contributed by atoms with Crippen molar-refractivity contribution >= 4 is 21.8 Å². The molecule has 0 aromatic heterocycles. The molecule has 0 bridgehead atoms. The van der Waals surface area contributed by atoms with Crippen LogP contribution in [0, 0.1) is 5.82 Å². The van der Waals surface area contributed by atoms with Gasteiger partial charge in [0.1, 0.15) is 5.82 Å². The molecule has 1 amide bonds. The molecule has 0 radical (unpaired) electrons. The summed E-state index contributed by atoms with van der Waals surface area (Å²) in [7, 11) is 0. The largest absolute Gasteiger partial charge is 0.346 e. The zero-order valence-electron chi connectivity index (χ0n) is 7.44. The third kappa shape index (κ3) is 3.23. The Morgan fingerprint density at radius 2 is 2.13 bits per heavy atom. The normalized spacial score (nSPS) is 10.5. The standard InChI is InChI=1S/C9H7BrF3NO/c10-5-2-1-3-6(11)8(5)9(15)14-4-7(12)13/h1-3,7H,4H2,(H,14,15). The second-order valence-electron chi connectivity index (χ2n) is 2.70. The highest BCUT2D eigenvalue weighted by molar-refractivity contribution is 9.10. The maximum Gasteiger partial charge on any atom is 0.255 e. The van der Waals surface area contributed by atoms with Gasteiger partial charge in [-0.2, -0.15) is 0 Å². The first-order valence-corrected chi connectivity index (χ1v) is 4.82. The van der Waals surface area contributed by atoms with E-state index in [2.05, 4.69) is 15.9 Å². The van der Waals surface area contributed by atoms with Crippen LogP contribution in [0.1, 0.15) is 10.4 Å². The Kier molecular flexibility index (Phi) is 4.14. The molecule has 15 heavy (non-hydrogen) atoms. The van der Waals surface area contributed by atoms with Gasteiger partial charge in [-0.3, -0.25) is 4.79 Å². The lowest BCUT2D eigenvalue weighted by molar-refractivity contribution is 0.0887. The molecule has 6 heteroatoms. The van der Waals surface area contributed by atoms with E-state index < -0.39 is 24.7 Å². The van der Waals surface area contributed by atoms with E-state index in [4.69, 9.17) is 0 Å².